The van der Waals surface area contributed by atoms with E-state index in [0.29, 0.717) is 29.4 Å². The molecule has 2 atom stereocenters. The van der Waals surface area contributed by atoms with Gasteiger partial charge in [-0.05, 0) is 48.9 Å². The van der Waals surface area contributed by atoms with Crippen LogP contribution in [0.25, 0.3) is 0 Å². The van der Waals surface area contributed by atoms with E-state index in [1.165, 1.54) is 7.11 Å². The predicted octanol–water partition coefficient (Wildman–Crippen LogP) is 3.86. The average Bonchev–Trinajstić information content (AvgIpc) is 2.88. The van der Waals surface area contributed by atoms with Crippen molar-refractivity contribution in [2.75, 3.05) is 31.9 Å². The zero-order valence-corrected chi connectivity index (χ0v) is 21.4. The van der Waals surface area contributed by atoms with E-state index in [9.17, 15) is 19.6 Å². The quantitative estimate of drug-likeness (QED) is 0.370. The van der Waals surface area contributed by atoms with Gasteiger partial charge in [-0.25, -0.2) is 0 Å². The molecule has 0 fully saturated rings. The van der Waals surface area contributed by atoms with Crippen molar-refractivity contribution in [3.63, 3.8) is 0 Å². The molecule has 2 aromatic carbocycles. The lowest BCUT2D eigenvalue weighted by Crippen LogP contribution is -2.44. The van der Waals surface area contributed by atoms with E-state index in [-0.39, 0.29) is 27.3 Å². The summed E-state index contributed by atoms with van der Waals surface area (Å²) in [5.41, 5.74) is 1.15. The Kier molecular flexibility index (Phi) is 9.22. The number of amides is 2. The number of halogens is 1. The number of thioether (sulfide) groups is 1. The normalized spacial score (nSPS) is 17.0. The number of anilines is 1. The van der Waals surface area contributed by atoms with Crippen LogP contribution in [-0.2, 0) is 19.1 Å². The van der Waals surface area contributed by atoms with Gasteiger partial charge in [0.1, 0.15) is 17.4 Å². The summed E-state index contributed by atoms with van der Waals surface area (Å²) in [7, 11) is 2.71. The van der Waals surface area contributed by atoms with Crippen LogP contribution in [0.5, 0.6) is 11.5 Å². The molecule has 36 heavy (non-hydrogen) atoms. The number of methoxy groups -OCH3 is 2. The number of allylic oxidation sites excluding steroid dienone is 1. The predicted molar refractivity (Wildman–Crippen MR) is 136 cm³/mol. The molecule has 0 saturated carbocycles. The van der Waals surface area contributed by atoms with Gasteiger partial charge in [0.25, 0.3) is 0 Å². The number of nitrogens with one attached hydrogen (secondary N) is 2. The summed E-state index contributed by atoms with van der Waals surface area (Å²) < 4.78 is 15.4. The molecule has 0 radical (unpaired) electrons. The Morgan fingerprint density at radius 2 is 1.92 bits per heavy atom. The van der Waals surface area contributed by atoms with Crippen LogP contribution in [-0.4, -0.2) is 44.4 Å². The maximum absolute atomic E-state index is 13.0. The maximum Gasteiger partial charge on any atom is 0.319 e. The highest BCUT2D eigenvalue weighted by Gasteiger charge is 2.44. The second kappa shape index (κ2) is 12.3. The molecule has 0 aromatic heterocycles. The van der Waals surface area contributed by atoms with Gasteiger partial charge in [-0.1, -0.05) is 29.4 Å². The number of hydrogen-bond donors (Lipinski definition) is 2. The van der Waals surface area contributed by atoms with Gasteiger partial charge < -0.3 is 24.8 Å². The lowest BCUT2D eigenvalue weighted by atomic mass is 9.78. The van der Waals surface area contributed by atoms with E-state index in [1.807, 2.05) is 6.92 Å². The number of rotatable bonds is 9. The molecule has 0 unspecified atom stereocenters. The molecule has 1 heterocycles. The Morgan fingerprint density at radius 1 is 1.19 bits per heavy atom. The minimum absolute atomic E-state index is 0.0908. The van der Waals surface area contributed by atoms with Crippen molar-refractivity contribution in [3.8, 4) is 17.6 Å². The maximum atomic E-state index is 13.0. The monoisotopic (exact) mass is 529 g/mol. The topological polar surface area (TPSA) is 127 Å². The Morgan fingerprint density at radius 3 is 2.50 bits per heavy atom. The number of nitriles is 1. The van der Waals surface area contributed by atoms with Crippen LogP contribution < -0.4 is 20.1 Å². The SMILES string of the molecule is CCOc1ccc([C@@H]2C(C#N)=C(SCC(=O)Nc3ccc(OC)cc3)NC(=O)[C@H]2C(=O)OC)cc1Cl. The van der Waals surface area contributed by atoms with E-state index >= 15 is 0 Å². The number of esters is 1. The lowest BCUT2D eigenvalue weighted by molar-refractivity contribution is -0.150. The Labute approximate surface area is 217 Å². The van der Waals surface area contributed by atoms with E-state index in [1.54, 1.807) is 49.6 Å². The lowest BCUT2D eigenvalue weighted by Gasteiger charge is -2.31. The molecule has 1 aliphatic heterocycles. The number of ether oxygens (including phenoxy) is 3. The van der Waals surface area contributed by atoms with Crippen LogP contribution in [0.1, 0.15) is 18.4 Å². The third-order valence-electron chi connectivity index (χ3n) is 5.32. The molecule has 1 aliphatic rings. The molecule has 3 rings (SSSR count). The van der Waals surface area contributed by atoms with Gasteiger partial charge in [0.15, 0.2) is 0 Å². The first-order valence-corrected chi connectivity index (χ1v) is 12.2. The Bertz CT molecular complexity index is 1230. The van der Waals surface area contributed by atoms with Crippen molar-refractivity contribution in [3.05, 3.63) is 63.7 Å². The van der Waals surface area contributed by atoms with Gasteiger partial charge in [-0.15, -0.1) is 0 Å². The molecule has 9 nitrogen and oxygen atoms in total. The van der Waals surface area contributed by atoms with Crippen LogP contribution in [0.4, 0.5) is 5.69 Å². The molecular formula is C25H24ClN3O6S. The van der Waals surface area contributed by atoms with E-state index in [0.717, 1.165) is 11.8 Å². The van der Waals surface area contributed by atoms with Crippen LogP contribution in [0.15, 0.2) is 53.1 Å². The molecule has 2 amide bonds. The van der Waals surface area contributed by atoms with E-state index in [4.69, 9.17) is 25.8 Å². The largest absolute Gasteiger partial charge is 0.497 e. The highest BCUT2D eigenvalue weighted by molar-refractivity contribution is 8.03. The van der Waals surface area contributed by atoms with Crippen LogP contribution in [0, 0.1) is 17.2 Å². The van der Waals surface area contributed by atoms with Crippen molar-refractivity contribution in [1.29, 1.82) is 5.26 Å². The molecule has 0 saturated heterocycles. The van der Waals surface area contributed by atoms with Crippen molar-refractivity contribution < 1.29 is 28.6 Å². The first-order valence-electron chi connectivity index (χ1n) is 10.8. The van der Waals surface area contributed by atoms with Crippen LogP contribution in [0.2, 0.25) is 5.02 Å². The highest BCUT2D eigenvalue weighted by Crippen LogP contribution is 2.42. The number of carbonyl (C=O) groups excluding carboxylic acids is 3. The molecule has 2 aromatic rings. The summed E-state index contributed by atoms with van der Waals surface area (Å²) in [5.74, 6) is -3.06. The zero-order valence-electron chi connectivity index (χ0n) is 19.8. The fraction of sp³-hybridized carbons (Fsp3) is 0.280. The summed E-state index contributed by atoms with van der Waals surface area (Å²) in [6, 6.07) is 13.7. The summed E-state index contributed by atoms with van der Waals surface area (Å²) in [4.78, 5) is 38.0. The number of nitrogens with zero attached hydrogens (tertiary/aromatic N) is 1. The second-order valence-electron chi connectivity index (χ2n) is 7.51. The van der Waals surface area contributed by atoms with Gasteiger partial charge in [0.05, 0.1) is 48.3 Å². The molecule has 2 N–H and O–H groups in total. The Hall–Kier alpha value is -3.68. The van der Waals surface area contributed by atoms with Crippen LogP contribution in [0.3, 0.4) is 0 Å². The summed E-state index contributed by atoms with van der Waals surface area (Å²) >= 11 is 7.33. The van der Waals surface area contributed by atoms with Gasteiger partial charge >= 0.3 is 5.97 Å². The molecular weight excluding hydrogens is 506 g/mol. The van der Waals surface area contributed by atoms with Gasteiger partial charge in [0.2, 0.25) is 11.8 Å². The standard InChI is InChI=1S/C25H24ClN3O6S/c1-4-35-19-10-5-14(11-18(19)26)21-17(12-27)24(29-23(31)22(21)25(32)34-3)36-13-20(30)28-15-6-8-16(33-2)9-7-15/h5-11,21-22H,4,13H2,1-3H3,(H,28,30)(H,29,31)/t21-,22+/m1/s1. The molecule has 0 spiro atoms. The third-order valence-corrected chi connectivity index (χ3v) is 6.63. The minimum atomic E-state index is -1.31. The molecule has 0 bridgehead atoms. The second-order valence-corrected chi connectivity index (χ2v) is 8.90. The third kappa shape index (κ3) is 6.11. The zero-order chi connectivity index (χ0) is 26.2. The minimum Gasteiger partial charge on any atom is -0.497 e. The van der Waals surface area contributed by atoms with E-state index in [2.05, 4.69) is 16.7 Å². The fourth-order valence-electron chi connectivity index (χ4n) is 3.67. The fourth-order valence-corrected chi connectivity index (χ4v) is 4.76. The highest BCUT2D eigenvalue weighted by atomic mass is 35.5. The van der Waals surface area contributed by atoms with Crippen molar-refractivity contribution in [2.45, 2.75) is 12.8 Å². The van der Waals surface area contributed by atoms with Gasteiger partial charge in [-0.2, -0.15) is 5.26 Å². The Balaban J connectivity index is 1.89. The summed E-state index contributed by atoms with van der Waals surface area (Å²) in [6.07, 6.45) is 0. The van der Waals surface area contributed by atoms with Crippen LogP contribution >= 0.6 is 23.4 Å². The molecule has 188 valence electrons. The average molecular weight is 530 g/mol. The number of carbonyl (C=O) groups is 3. The number of hydrogen-bond acceptors (Lipinski definition) is 8. The van der Waals surface area contributed by atoms with Gasteiger partial charge in [0, 0.05) is 11.6 Å². The smallest absolute Gasteiger partial charge is 0.319 e. The first kappa shape index (κ1) is 26.9. The first-order chi connectivity index (χ1) is 17.3. The molecule has 11 heteroatoms. The van der Waals surface area contributed by atoms with Crippen molar-refractivity contribution in [2.24, 2.45) is 5.92 Å². The van der Waals surface area contributed by atoms with Gasteiger partial charge in [-0.3, -0.25) is 14.4 Å². The summed E-state index contributed by atoms with van der Waals surface area (Å²) in [6.45, 7) is 2.21. The summed E-state index contributed by atoms with van der Waals surface area (Å²) in [5, 5.41) is 15.8. The molecule has 0 aliphatic carbocycles. The van der Waals surface area contributed by atoms with E-state index < -0.39 is 23.7 Å². The number of benzene rings is 2. The van der Waals surface area contributed by atoms with Crippen molar-refractivity contribution in [1.82, 2.24) is 5.32 Å². The van der Waals surface area contributed by atoms with Crippen molar-refractivity contribution >= 4 is 46.8 Å².